The van der Waals surface area contributed by atoms with Gasteiger partial charge in [0, 0.05) is 12.5 Å². The predicted molar refractivity (Wildman–Crippen MR) is 38.0 cm³/mol. The lowest BCUT2D eigenvalue weighted by molar-refractivity contribution is 0.230. The van der Waals surface area contributed by atoms with E-state index in [1.165, 1.54) is 0 Å². The molecule has 0 bridgehead atoms. The number of halogens is 1. The topological polar surface area (TPSA) is 32.3 Å². The summed E-state index contributed by atoms with van der Waals surface area (Å²) < 4.78 is 0. The van der Waals surface area contributed by atoms with E-state index >= 15 is 0 Å². The second-order valence-corrected chi connectivity index (χ2v) is 2.84. The molecule has 0 amide bonds. The summed E-state index contributed by atoms with van der Waals surface area (Å²) >= 11 is 3.33. The van der Waals surface area contributed by atoms with Gasteiger partial charge in [0.05, 0.1) is 4.95 Å². The van der Waals surface area contributed by atoms with E-state index in [0.29, 0.717) is 0 Å². The Kier molecular flexibility index (Phi) is 4.51. The van der Waals surface area contributed by atoms with E-state index in [4.69, 9.17) is 5.11 Å². The van der Waals surface area contributed by atoms with Crippen molar-refractivity contribution in [1.29, 1.82) is 0 Å². The van der Waals surface area contributed by atoms with Gasteiger partial charge in [0.15, 0.2) is 0 Å². The summed E-state index contributed by atoms with van der Waals surface area (Å²) in [6, 6.07) is 0. The van der Waals surface area contributed by atoms with E-state index in [1.807, 2.05) is 14.0 Å². The number of hydrogen-bond donors (Lipinski definition) is 2. The normalized spacial score (nSPS) is 18.0. The number of nitrogens with one attached hydrogen (secondary N) is 1. The first-order chi connectivity index (χ1) is 3.72. The fraction of sp³-hybridized carbons (Fsp3) is 1.00. The van der Waals surface area contributed by atoms with Gasteiger partial charge in [-0.2, -0.15) is 0 Å². The van der Waals surface area contributed by atoms with Gasteiger partial charge in [-0.1, -0.05) is 22.9 Å². The molecule has 2 N–H and O–H groups in total. The Labute approximate surface area is 58.4 Å². The van der Waals surface area contributed by atoms with Crippen LogP contribution in [0.4, 0.5) is 0 Å². The summed E-state index contributed by atoms with van der Waals surface area (Å²) in [5.41, 5.74) is 0. The zero-order valence-electron chi connectivity index (χ0n) is 5.19. The highest BCUT2D eigenvalue weighted by Crippen LogP contribution is 2.06. The van der Waals surface area contributed by atoms with E-state index in [1.54, 1.807) is 0 Å². The molecule has 0 aromatic carbocycles. The summed E-state index contributed by atoms with van der Waals surface area (Å²) in [5.74, 6) is 0.278. The molecule has 0 aromatic heterocycles. The van der Waals surface area contributed by atoms with Crippen LogP contribution in [-0.2, 0) is 0 Å². The molecule has 0 saturated heterocycles. The number of hydrogen-bond acceptors (Lipinski definition) is 2. The molecule has 50 valence electrons. The largest absolute Gasteiger partial charge is 0.396 e. The first-order valence-electron chi connectivity index (χ1n) is 2.64. The molecule has 0 radical (unpaired) electrons. The summed E-state index contributed by atoms with van der Waals surface area (Å²) in [5, 5.41) is 11.5. The summed E-state index contributed by atoms with van der Waals surface area (Å²) in [4.78, 5) is 0.229. The van der Waals surface area contributed by atoms with Crippen molar-refractivity contribution in [3.8, 4) is 0 Å². The van der Waals surface area contributed by atoms with Crippen molar-refractivity contribution < 1.29 is 5.11 Å². The SMILES string of the molecule is CN[C@@H](Br)[C@@H](C)CO. The molecular weight excluding hydrogens is 170 g/mol. The van der Waals surface area contributed by atoms with Gasteiger partial charge in [0.25, 0.3) is 0 Å². The lowest BCUT2D eigenvalue weighted by Gasteiger charge is -2.13. The summed E-state index contributed by atoms with van der Waals surface area (Å²) in [6.45, 7) is 2.19. The lowest BCUT2D eigenvalue weighted by Crippen LogP contribution is -2.27. The molecule has 0 aromatic rings. The van der Waals surface area contributed by atoms with Crippen LogP contribution < -0.4 is 5.32 Å². The van der Waals surface area contributed by atoms with Gasteiger partial charge in [-0.15, -0.1) is 0 Å². The molecule has 3 heteroatoms. The Morgan fingerprint density at radius 1 is 1.75 bits per heavy atom. The highest BCUT2D eigenvalue weighted by atomic mass is 79.9. The van der Waals surface area contributed by atoms with Gasteiger partial charge in [-0.3, -0.25) is 0 Å². The first kappa shape index (κ1) is 8.40. The fourth-order valence-corrected chi connectivity index (χ4v) is 0.544. The average molecular weight is 182 g/mol. The van der Waals surface area contributed by atoms with E-state index < -0.39 is 0 Å². The van der Waals surface area contributed by atoms with Crippen LogP contribution in [0.3, 0.4) is 0 Å². The van der Waals surface area contributed by atoms with Crippen LogP contribution in [0.2, 0.25) is 0 Å². The van der Waals surface area contributed by atoms with Crippen LogP contribution in [0.5, 0.6) is 0 Å². The van der Waals surface area contributed by atoms with Gasteiger partial charge in [-0.25, -0.2) is 0 Å². The van der Waals surface area contributed by atoms with Crippen LogP contribution in [0.15, 0.2) is 0 Å². The molecule has 0 saturated carbocycles. The maximum absolute atomic E-state index is 8.57. The van der Waals surface area contributed by atoms with E-state index in [-0.39, 0.29) is 17.5 Å². The van der Waals surface area contributed by atoms with Crippen LogP contribution in [-0.4, -0.2) is 23.7 Å². The van der Waals surface area contributed by atoms with Gasteiger partial charge >= 0.3 is 0 Å². The molecule has 0 aliphatic rings. The van der Waals surface area contributed by atoms with Crippen molar-refractivity contribution in [3.63, 3.8) is 0 Å². The highest BCUT2D eigenvalue weighted by molar-refractivity contribution is 9.09. The van der Waals surface area contributed by atoms with E-state index in [2.05, 4.69) is 21.2 Å². The fourth-order valence-electron chi connectivity index (χ4n) is 0.377. The minimum atomic E-state index is 0.219. The van der Waals surface area contributed by atoms with Crippen molar-refractivity contribution in [2.24, 2.45) is 5.92 Å². The van der Waals surface area contributed by atoms with Crippen LogP contribution in [0.25, 0.3) is 0 Å². The van der Waals surface area contributed by atoms with Crippen LogP contribution in [0.1, 0.15) is 6.92 Å². The molecule has 0 aliphatic carbocycles. The minimum absolute atomic E-state index is 0.219. The second-order valence-electron chi connectivity index (χ2n) is 1.85. The number of rotatable bonds is 3. The Bertz CT molecular complexity index is 52.4. The van der Waals surface area contributed by atoms with Gasteiger partial charge in [-0.05, 0) is 7.05 Å². The molecule has 2 nitrogen and oxygen atoms in total. The van der Waals surface area contributed by atoms with Crippen molar-refractivity contribution in [2.75, 3.05) is 13.7 Å². The number of aliphatic hydroxyl groups is 1. The van der Waals surface area contributed by atoms with E-state index in [0.717, 1.165) is 0 Å². The van der Waals surface area contributed by atoms with Crippen molar-refractivity contribution in [2.45, 2.75) is 11.9 Å². The quantitative estimate of drug-likeness (QED) is 0.493. The summed E-state index contributed by atoms with van der Waals surface area (Å²) in [6.07, 6.45) is 0. The molecule has 0 unspecified atom stereocenters. The Morgan fingerprint density at radius 2 is 2.25 bits per heavy atom. The van der Waals surface area contributed by atoms with Crippen LogP contribution in [0, 0.1) is 5.92 Å². The molecule has 0 heterocycles. The third kappa shape index (κ3) is 2.64. The van der Waals surface area contributed by atoms with E-state index in [9.17, 15) is 0 Å². The second kappa shape index (κ2) is 4.30. The zero-order valence-corrected chi connectivity index (χ0v) is 6.77. The third-order valence-electron chi connectivity index (χ3n) is 1.06. The molecule has 2 atom stereocenters. The Balaban J connectivity index is 3.29. The van der Waals surface area contributed by atoms with Crippen molar-refractivity contribution >= 4 is 15.9 Å². The maximum atomic E-state index is 8.57. The molecule has 0 fully saturated rings. The average Bonchev–Trinajstić information content (AvgIpc) is 1.84. The smallest absolute Gasteiger partial charge is 0.0676 e. The molecule has 0 spiro atoms. The Morgan fingerprint density at radius 3 is 2.38 bits per heavy atom. The molecular formula is C5H12BrNO. The van der Waals surface area contributed by atoms with Crippen LogP contribution >= 0.6 is 15.9 Å². The van der Waals surface area contributed by atoms with Gasteiger partial charge in [0.1, 0.15) is 0 Å². The molecule has 0 rings (SSSR count). The Hall–Kier alpha value is 0.400. The zero-order chi connectivity index (χ0) is 6.57. The summed E-state index contributed by atoms with van der Waals surface area (Å²) in [7, 11) is 1.85. The minimum Gasteiger partial charge on any atom is -0.396 e. The number of aliphatic hydroxyl groups excluding tert-OH is 1. The first-order valence-corrected chi connectivity index (χ1v) is 3.56. The van der Waals surface area contributed by atoms with Crippen molar-refractivity contribution in [1.82, 2.24) is 5.32 Å². The highest BCUT2D eigenvalue weighted by Gasteiger charge is 2.08. The third-order valence-corrected chi connectivity index (χ3v) is 2.42. The maximum Gasteiger partial charge on any atom is 0.0676 e. The standard InChI is InChI=1S/C5H12BrNO/c1-4(3-8)5(6)7-2/h4-5,7-8H,3H2,1-2H3/t4-,5+/m0/s1. The predicted octanol–water partition coefficient (Wildman–Crippen LogP) is 0.555. The number of alkyl halides is 1. The molecule has 8 heavy (non-hydrogen) atoms. The molecule has 0 aliphatic heterocycles. The lowest BCUT2D eigenvalue weighted by atomic mass is 10.2. The van der Waals surface area contributed by atoms with Gasteiger partial charge in [0.2, 0.25) is 0 Å². The van der Waals surface area contributed by atoms with Gasteiger partial charge < -0.3 is 10.4 Å². The van der Waals surface area contributed by atoms with Crippen molar-refractivity contribution in [3.05, 3.63) is 0 Å². The monoisotopic (exact) mass is 181 g/mol.